The number of hydrogen-bond donors (Lipinski definition) is 1. The zero-order chi connectivity index (χ0) is 30.8. The Morgan fingerprint density at radius 3 is 2.11 bits per heavy atom. The Bertz CT molecular complexity index is 1660. The lowest BCUT2D eigenvalue weighted by Gasteiger charge is -2.49. The third-order valence-corrected chi connectivity index (χ3v) is 9.47. The van der Waals surface area contributed by atoms with Crippen molar-refractivity contribution in [2.24, 2.45) is 0 Å². The molecule has 1 fully saturated rings. The number of nitrogens with one attached hydrogen (secondary N) is 1. The number of esters is 1. The minimum Gasteiger partial charge on any atom is -0.448 e. The Morgan fingerprint density at radius 1 is 0.932 bits per heavy atom. The molecule has 6 rings (SSSR count). The molecule has 0 bridgehead atoms. The number of aromatic nitrogens is 1. The number of alkyl carbamates (subject to hydrolysis) is 1. The first-order chi connectivity index (χ1) is 21.2. The van der Waals surface area contributed by atoms with Crippen LogP contribution in [0.25, 0.3) is 16.1 Å². The zero-order valence-corrected chi connectivity index (χ0v) is 26.1. The average Bonchev–Trinajstić information content (AvgIpc) is 3.52. The minimum atomic E-state index is -0.834. The van der Waals surface area contributed by atoms with Crippen molar-refractivity contribution < 1.29 is 23.9 Å². The average molecular weight is 626 g/mol. The lowest BCUT2D eigenvalue weighted by molar-refractivity contribution is -0.153. The number of benzene rings is 3. The number of rotatable bonds is 7. The van der Waals surface area contributed by atoms with Crippen LogP contribution < -0.4 is 5.32 Å². The number of carbonyl (C=O) groups is 3. The summed E-state index contributed by atoms with van der Waals surface area (Å²) >= 11 is 2.93. The van der Waals surface area contributed by atoms with Gasteiger partial charge in [0.25, 0.3) is 5.91 Å². The molecule has 8 nitrogen and oxygen atoms in total. The SMILES string of the molecule is CC(C)(C)OC(=O)NC1C(=O)N2C(C(=O)OC(c3ccccc3)c3ccccc3)=C(c3cnc(-c4ccccc4)s3)CSC12. The van der Waals surface area contributed by atoms with Gasteiger partial charge in [0.05, 0.1) is 4.88 Å². The van der Waals surface area contributed by atoms with E-state index in [0.29, 0.717) is 11.3 Å². The number of amides is 2. The first-order valence-electron chi connectivity index (χ1n) is 14.2. The maximum Gasteiger partial charge on any atom is 0.408 e. The van der Waals surface area contributed by atoms with Gasteiger partial charge in [-0.1, -0.05) is 91.0 Å². The van der Waals surface area contributed by atoms with E-state index >= 15 is 0 Å². The number of thioether (sulfide) groups is 1. The van der Waals surface area contributed by atoms with Crippen LogP contribution in [0.5, 0.6) is 0 Å². The van der Waals surface area contributed by atoms with E-state index in [4.69, 9.17) is 9.47 Å². The molecule has 1 aromatic heterocycles. The fourth-order valence-electron chi connectivity index (χ4n) is 5.11. The number of β-lactam (4-membered cyclic amide) rings is 1. The van der Waals surface area contributed by atoms with E-state index in [9.17, 15) is 14.4 Å². The van der Waals surface area contributed by atoms with Gasteiger partial charge in [-0.05, 0) is 31.9 Å². The first kappa shape index (κ1) is 29.7. The fourth-order valence-corrected chi connectivity index (χ4v) is 7.53. The van der Waals surface area contributed by atoms with Gasteiger partial charge < -0.3 is 14.8 Å². The van der Waals surface area contributed by atoms with E-state index in [1.807, 2.05) is 91.0 Å². The van der Waals surface area contributed by atoms with Gasteiger partial charge in [-0.15, -0.1) is 23.1 Å². The fraction of sp³-hybridized carbons (Fsp3) is 0.235. The molecule has 44 heavy (non-hydrogen) atoms. The molecule has 2 unspecified atom stereocenters. The molecule has 0 radical (unpaired) electrons. The molecular weight excluding hydrogens is 595 g/mol. The highest BCUT2D eigenvalue weighted by molar-refractivity contribution is 8.00. The standard InChI is InChI=1S/C34H31N3O5S2/c1-34(2,3)42-33(40)36-26-30(38)37-27(32(39)41-28(21-13-7-4-8-14-21)22-15-9-5-10-16-22)24(20-43-31(26)37)25-19-35-29(44-25)23-17-11-6-12-18-23/h4-19,26,28,31H,20H2,1-3H3,(H,36,40). The number of hydrogen-bond acceptors (Lipinski definition) is 8. The summed E-state index contributed by atoms with van der Waals surface area (Å²) < 4.78 is 11.7. The minimum absolute atomic E-state index is 0.168. The smallest absolute Gasteiger partial charge is 0.408 e. The topological polar surface area (TPSA) is 97.8 Å². The summed E-state index contributed by atoms with van der Waals surface area (Å²) in [5.41, 5.74) is 2.69. The van der Waals surface area contributed by atoms with E-state index in [-0.39, 0.29) is 5.70 Å². The number of carbonyl (C=O) groups excluding carboxylic acids is 3. The quantitative estimate of drug-likeness (QED) is 0.181. The van der Waals surface area contributed by atoms with Gasteiger partial charge >= 0.3 is 12.1 Å². The van der Waals surface area contributed by atoms with Crippen molar-refractivity contribution in [2.45, 2.75) is 43.9 Å². The molecule has 0 saturated carbocycles. The van der Waals surface area contributed by atoms with Crippen molar-refractivity contribution in [3.05, 3.63) is 119 Å². The molecule has 10 heteroatoms. The van der Waals surface area contributed by atoms with Gasteiger partial charge in [0.15, 0.2) is 6.10 Å². The van der Waals surface area contributed by atoms with Gasteiger partial charge in [-0.3, -0.25) is 9.69 Å². The van der Waals surface area contributed by atoms with Crippen molar-refractivity contribution in [1.82, 2.24) is 15.2 Å². The molecule has 2 amide bonds. The number of fused-ring (bicyclic) bond motifs is 1. The number of thiazole rings is 1. The van der Waals surface area contributed by atoms with E-state index in [1.54, 1.807) is 27.0 Å². The predicted molar refractivity (Wildman–Crippen MR) is 172 cm³/mol. The summed E-state index contributed by atoms with van der Waals surface area (Å²) in [6.07, 6.45) is 0.363. The predicted octanol–water partition coefficient (Wildman–Crippen LogP) is 6.66. The van der Waals surface area contributed by atoms with E-state index < -0.39 is 41.1 Å². The van der Waals surface area contributed by atoms with Crippen molar-refractivity contribution in [3.63, 3.8) is 0 Å². The summed E-state index contributed by atoms with van der Waals surface area (Å²) in [5, 5.41) is 3.01. The monoisotopic (exact) mass is 625 g/mol. The number of nitrogens with zero attached hydrogens (tertiary/aromatic N) is 2. The Labute approximate surface area is 264 Å². The van der Waals surface area contributed by atoms with Crippen molar-refractivity contribution >= 4 is 46.6 Å². The zero-order valence-electron chi connectivity index (χ0n) is 24.4. The van der Waals surface area contributed by atoms with Crippen molar-refractivity contribution in [1.29, 1.82) is 0 Å². The Kier molecular flexibility index (Phi) is 8.29. The van der Waals surface area contributed by atoms with Crippen LogP contribution in [0.3, 0.4) is 0 Å². The number of ether oxygens (including phenoxy) is 2. The lowest BCUT2D eigenvalue weighted by Crippen LogP contribution is -2.70. The van der Waals surface area contributed by atoms with Crippen LogP contribution >= 0.6 is 23.1 Å². The molecule has 1 N–H and O–H groups in total. The third-order valence-electron chi connectivity index (χ3n) is 7.09. The Hall–Kier alpha value is -4.41. The van der Waals surface area contributed by atoms with Gasteiger partial charge in [0.2, 0.25) is 0 Å². The molecule has 2 atom stereocenters. The maximum atomic E-state index is 14.3. The van der Waals surface area contributed by atoms with Crippen molar-refractivity contribution in [2.75, 3.05) is 5.75 Å². The van der Waals surface area contributed by atoms with Gasteiger partial charge in [0.1, 0.15) is 27.7 Å². The summed E-state index contributed by atoms with van der Waals surface area (Å²) in [6, 6.07) is 28.0. The summed E-state index contributed by atoms with van der Waals surface area (Å²) in [5.74, 6) is -0.605. The summed E-state index contributed by atoms with van der Waals surface area (Å²) in [6.45, 7) is 5.28. The van der Waals surface area contributed by atoms with E-state index in [1.165, 1.54) is 28.0 Å². The second kappa shape index (κ2) is 12.3. The lowest BCUT2D eigenvalue weighted by atomic mass is 10.0. The highest BCUT2D eigenvalue weighted by atomic mass is 32.2. The Morgan fingerprint density at radius 2 is 1.52 bits per heavy atom. The molecule has 2 aliphatic rings. The van der Waals surface area contributed by atoms with Crippen LogP contribution in [-0.4, -0.2) is 50.6 Å². The molecule has 2 aliphatic heterocycles. The second-order valence-electron chi connectivity index (χ2n) is 11.4. The third kappa shape index (κ3) is 6.13. The summed E-state index contributed by atoms with van der Waals surface area (Å²) in [4.78, 5) is 47.3. The van der Waals surface area contributed by atoms with E-state index in [0.717, 1.165) is 26.6 Å². The van der Waals surface area contributed by atoms with Gasteiger partial charge in [-0.25, -0.2) is 14.6 Å². The largest absolute Gasteiger partial charge is 0.448 e. The second-order valence-corrected chi connectivity index (χ2v) is 13.5. The maximum absolute atomic E-state index is 14.3. The molecule has 0 spiro atoms. The molecule has 0 aliphatic carbocycles. The summed E-state index contributed by atoms with van der Waals surface area (Å²) in [7, 11) is 0. The Balaban J connectivity index is 1.36. The molecule has 4 aromatic rings. The van der Waals surface area contributed by atoms with Gasteiger partial charge in [0, 0.05) is 23.1 Å². The van der Waals surface area contributed by atoms with E-state index in [2.05, 4.69) is 10.3 Å². The van der Waals surface area contributed by atoms with Crippen LogP contribution in [-0.2, 0) is 19.1 Å². The van der Waals surface area contributed by atoms with Crippen LogP contribution in [0.4, 0.5) is 4.79 Å². The van der Waals surface area contributed by atoms with Crippen molar-refractivity contribution in [3.8, 4) is 10.6 Å². The highest BCUT2D eigenvalue weighted by Gasteiger charge is 2.55. The van der Waals surface area contributed by atoms with Crippen LogP contribution in [0.1, 0.15) is 42.9 Å². The molecular formula is C34H31N3O5S2. The van der Waals surface area contributed by atoms with Crippen LogP contribution in [0.2, 0.25) is 0 Å². The molecule has 224 valence electrons. The van der Waals surface area contributed by atoms with Crippen LogP contribution in [0.15, 0.2) is 103 Å². The normalized spacial score (nSPS) is 18.0. The molecule has 1 saturated heterocycles. The first-order valence-corrected chi connectivity index (χ1v) is 16.1. The molecule has 3 aromatic carbocycles. The molecule has 3 heterocycles. The van der Waals surface area contributed by atoms with Crippen LogP contribution in [0, 0.1) is 0 Å². The van der Waals surface area contributed by atoms with Gasteiger partial charge in [-0.2, -0.15) is 0 Å². The highest BCUT2D eigenvalue weighted by Crippen LogP contribution is 2.46.